The largest absolute Gasteiger partial charge is 0.465 e. The number of thiocarbonyl (C=S) groups is 1. The first-order valence-electron chi connectivity index (χ1n) is 8.54. The summed E-state index contributed by atoms with van der Waals surface area (Å²) in [6.07, 6.45) is 0. The highest BCUT2D eigenvalue weighted by Crippen LogP contribution is 2.22. The van der Waals surface area contributed by atoms with Gasteiger partial charge in [-0.2, -0.15) is 0 Å². The van der Waals surface area contributed by atoms with E-state index >= 15 is 0 Å². The molecule has 0 unspecified atom stereocenters. The molecule has 0 atom stereocenters. The normalized spacial score (nSPS) is 10.3. The van der Waals surface area contributed by atoms with Gasteiger partial charge in [-0.15, -0.1) is 0 Å². The molecule has 3 aromatic carbocycles. The fourth-order valence-corrected chi connectivity index (χ4v) is 3.05. The van der Waals surface area contributed by atoms with E-state index in [-0.39, 0.29) is 6.04 Å². The lowest BCUT2D eigenvalue weighted by molar-refractivity contribution is 0.0602. The molecule has 2 N–H and O–H groups in total. The van der Waals surface area contributed by atoms with Crippen LogP contribution in [0.25, 0.3) is 0 Å². The van der Waals surface area contributed by atoms with Crippen molar-refractivity contribution in [2.24, 2.45) is 0 Å². The molecule has 0 radical (unpaired) electrons. The second-order valence-corrected chi connectivity index (χ2v) is 6.30. The Bertz CT molecular complexity index is 874. The highest BCUT2D eigenvalue weighted by atomic mass is 32.1. The van der Waals surface area contributed by atoms with Gasteiger partial charge in [0.1, 0.15) is 0 Å². The van der Waals surface area contributed by atoms with Crippen molar-refractivity contribution in [2.45, 2.75) is 6.04 Å². The molecule has 0 aliphatic carbocycles. The summed E-state index contributed by atoms with van der Waals surface area (Å²) in [7, 11) is 1.36. The lowest BCUT2D eigenvalue weighted by Crippen LogP contribution is -2.33. The molecule has 0 fully saturated rings. The van der Waals surface area contributed by atoms with E-state index in [9.17, 15) is 4.79 Å². The van der Waals surface area contributed by atoms with Gasteiger partial charge in [-0.3, -0.25) is 0 Å². The van der Waals surface area contributed by atoms with Gasteiger partial charge >= 0.3 is 5.97 Å². The quantitative estimate of drug-likeness (QED) is 0.505. The molecule has 5 heteroatoms. The van der Waals surface area contributed by atoms with Crippen LogP contribution in [0.15, 0.2) is 84.9 Å². The van der Waals surface area contributed by atoms with Gasteiger partial charge in [0.05, 0.1) is 24.4 Å². The molecule has 0 saturated heterocycles. The van der Waals surface area contributed by atoms with E-state index in [1.54, 1.807) is 18.2 Å². The zero-order chi connectivity index (χ0) is 19.1. The zero-order valence-electron chi connectivity index (χ0n) is 14.9. The van der Waals surface area contributed by atoms with E-state index in [1.807, 2.05) is 42.5 Å². The van der Waals surface area contributed by atoms with Gasteiger partial charge in [-0.1, -0.05) is 72.8 Å². The van der Waals surface area contributed by atoms with Crippen LogP contribution < -0.4 is 10.6 Å². The summed E-state index contributed by atoms with van der Waals surface area (Å²) in [4.78, 5) is 12.0. The Morgan fingerprint density at radius 2 is 1.37 bits per heavy atom. The van der Waals surface area contributed by atoms with Crippen LogP contribution in [0.1, 0.15) is 27.5 Å². The smallest absolute Gasteiger partial charge is 0.339 e. The summed E-state index contributed by atoms with van der Waals surface area (Å²) in [5, 5.41) is 6.89. The van der Waals surface area contributed by atoms with Crippen molar-refractivity contribution in [3.05, 3.63) is 102 Å². The lowest BCUT2D eigenvalue weighted by Gasteiger charge is -2.22. The fraction of sp³-hybridized carbons (Fsp3) is 0.0909. The third-order valence-electron chi connectivity index (χ3n) is 4.12. The number of nitrogens with one attached hydrogen (secondary N) is 2. The van der Waals surface area contributed by atoms with E-state index < -0.39 is 5.97 Å². The highest BCUT2D eigenvalue weighted by Gasteiger charge is 2.17. The van der Waals surface area contributed by atoms with Crippen molar-refractivity contribution in [3.8, 4) is 0 Å². The summed E-state index contributed by atoms with van der Waals surface area (Å²) in [6.45, 7) is 0. The maximum Gasteiger partial charge on any atom is 0.339 e. The first-order valence-corrected chi connectivity index (χ1v) is 8.94. The number of hydrogen-bond donors (Lipinski definition) is 2. The van der Waals surface area contributed by atoms with Crippen LogP contribution in [-0.2, 0) is 4.74 Å². The monoisotopic (exact) mass is 376 g/mol. The SMILES string of the molecule is COC(=O)c1ccccc1NC(=S)NC(c1ccccc1)c1ccccc1. The average Bonchev–Trinajstić information content (AvgIpc) is 2.73. The van der Waals surface area contributed by atoms with E-state index in [4.69, 9.17) is 17.0 Å². The lowest BCUT2D eigenvalue weighted by atomic mass is 9.99. The number of rotatable bonds is 5. The van der Waals surface area contributed by atoms with E-state index in [0.717, 1.165) is 11.1 Å². The van der Waals surface area contributed by atoms with Crippen LogP contribution in [0.4, 0.5) is 5.69 Å². The number of carbonyl (C=O) groups is 1. The first kappa shape index (κ1) is 18.6. The molecular weight excluding hydrogens is 356 g/mol. The van der Waals surface area contributed by atoms with Crippen LogP contribution in [0.3, 0.4) is 0 Å². The molecule has 0 amide bonds. The minimum Gasteiger partial charge on any atom is -0.465 e. The second-order valence-electron chi connectivity index (χ2n) is 5.89. The number of hydrogen-bond acceptors (Lipinski definition) is 3. The molecule has 0 bridgehead atoms. The van der Waals surface area contributed by atoms with E-state index in [1.165, 1.54) is 7.11 Å². The molecule has 0 saturated carbocycles. The molecule has 0 aliphatic rings. The van der Waals surface area contributed by atoms with Crippen molar-refractivity contribution < 1.29 is 9.53 Å². The summed E-state index contributed by atoms with van der Waals surface area (Å²) in [6, 6.07) is 27.1. The Labute approximate surface area is 164 Å². The van der Waals surface area contributed by atoms with Crippen LogP contribution >= 0.6 is 12.2 Å². The molecule has 0 heterocycles. The minimum atomic E-state index is -0.413. The third kappa shape index (κ3) is 4.71. The second kappa shape index (κ2) is 8.96. The summed E-state index contributed by atoms with van der Waals surface area (Å²) >= 11 is 5.52. The molecule has 136 valence electrons. The molecule has 3 rings (SSSR count). The van der Waals surface area contributed by atoms with Crippen molar-refractivity contribution in [1.82, 2.24) is 5.32 Å². The maximum absolute atomic E-state index is 12.0. The minimum absolute atomic E-state index is 0.113. The number of para-hydroxylation sites is 1. The Morgan fingerprint density at radius 3 is 1.93 bits per heavy atom. The van der Waals surface area contributed by atoms with E-state index in [2.05, 4.69) is 34.9 Å². The summed E-state index contributed by atoms with van der Waals surface area (Å²) < 4.78 is 4.84. The van der Waals surface area contributed by atoms with E-state index in [0.29, 0.717) is 16.4 Å². The third-order valence-corrected chi connectivity index (χ3v) is 4.34. The van der Waals surface area contributed by atoms with Crippen LogP contribution in [0.5, 0.6) is 0 Å². The fourth-order valence-electron chi connectivity index (χ4n) is 2.82. The van der Waals surface area contributed by atoms with Gasteiger partial charge in [-0.25, -0.2) is 4.79 Å². The van der Waals surface area contributed by atoms with Crippen molar-refractivity contribution in [3.63, 3.8) is 0 Å². The molecule has 4 nitrogen and oxygen atoms in total. The van der Waals surface area contributed by atoms with Crippen LogP contribution in [-0.4, -0.2) is 18.2 Å². The number of methoxy groups -OCH3 is 1. The first-order chi connectivity index (χ1) is 13.2. The highest BCUT2D eigenvalue weighted by molar-refractivity contribution is 7.80. The average molecular weight is 376 g/mol. The van der Waals surface area contributed by atoms with Crippen LogP contribution in [0, 0.1) is 0 Å². The predicted molar refractivity (Wildman–Crippen MR) is 112 cm³/mol. The molecule has 0 aromatic heterocycles. The van der Waals surface area contributed by atoms with Gasteiger partial charge in [-0.05, 0) is 35.5 Å². The number of anilines is 1. The van der Waals surface area contributed by atoms with Crippen molar-refractivity contribution in [1.29, 1.82) is 0 Å². The van der Waals surface area contributed by atoms with Gasteiger partial charge in [0.15, 0.2) is 5.11 Å². The molecule has 27 heavy (non-hydrogen) atoms. The summed E-state index contributed by atoms with van der Waals surface area (Å²) in [5.74, 6) is -0.413. The maximum atomic E-state index is 12.0. The molecular formula is C22H20N2O2S. The van der Waals surface area contributed by atoms with Gasteiger partial charge < -0.3 is 15.4 Å². The topological polar surface area (TPSA) is 50.4 Å². The molecule has 0 spiro atoms. The Balaban J connectivity index is 1.83. The van der Waals surface area contributed by atoms with Crippen LogP contribution in [0.2, 0.25) is 0 Å². The zero-order valence-corrected chi connectivity index (χ0v) is 15.7. The number of esters is 1. The standard InChI is InChI=1S/C22H20N2O2S/c1-26-21(25)18-14-8-9-15-19(18)23-22(27)24-20(16-10-4-2-5-11-16)17-12-6-3-7-13-17/h2-15,20H,1H3,(H2,23,24,27). The molecule has 0 aliphatic heterocycles. The summed E-state index contributed by atoms with van der Waals surface area (Å²) in [5.41, 5.74) is 3.21. The van der Waals surface area contributed by atoms with Gasteiger partial charge in [0, 0.05) is 0 Å². The number of carbonyl (C=O) groups excluding carboxylic acids is 1. The predicted octanol–water partition coefficient (Wildman–Crippen LogP) is 4.55. The Morgan fingerprint density at radius 1 is 0.852 bits per heavy atom. The van der Waals surface area contributed by atoms with Gasteiger partial charge in [0.2, 0.25) is 0 Å². The Hall–Kier alpha value is -3.18. The Kier molecular flexibility index (Phi) is 6.18. The van der Waals surface area contributed by atoms with Crippen molar-refractivity contribution >= 4 is 29.0 Å². The number of benzene rings is 3. The number of ether oxygens (including phenoxy) is 1. The molecule has 3 aromatic rings. The van der Waals surface area contributed by atoms with Crippen molar-refractivity contribution in [2.75, 3.05) is 12.4 Å². The van der Waals surface area contributed by atoms with Gasteiger partial charge in [0.25, 0.3) is 0 Å².